The third-order valence-corrected chi connectivity index (χ3v) is 7.82. The largest absolute Gasteiger partial charge is 1.00 e. The molecule has 2 atom stereocenters. The van der Waals surface area contributed by atoms with E-state index in [-0.39, 0.29) is 75.6 Å². The van der Waals surface area contributed by atoms with Gasteiger partial charge in [-0.05, 0) is 91.7 Å². The third-order valence-electron chi connectivity index (χ3n) is 6.23. The summed E-state index contributed by atoms with van der Waals surface area (Å²) >= 11 is 6.49. The van der Waals surface area contributed by atoms with Gasteiger partial charge in [0.25, 0.3) is 15.6 Å². The van der Waals surface area contributed by atoms with E-state index in [1.54, 1.807) is 105 Å². The van der Waals surface area contributed by atoms with Crippen molar-refractivity contribution in [2.24, 2.45) is 7.05 Å². The second-order valence-electron chi connectivity index (χ2n) is 15.9. The van der Waals surface area contributed by atoms with Crippen molar-refractivity contribution in [1.82, 2.24) is 25.2 Å². The molecular weight excluding hydrogens is 925 g/mol. The molecule has 2 N–H and O–H groups in total. The molecule has 0 radical (unpaired) electrons. The zero-order valence-corrected chi connectivity index (χ0v) is 42.7. The van der Waals surface area contributed by atoms with Gasteiger partial charge in [-0.15, -0.1) is 5.60 Å². The number of esters is 1. The van der Waals surface area contributed by atoms with Gasteiger partial charge in [-0.3, -0.25) is 8.98 Å². The Morgan fingerprint density at radius 1 is 0.947 bits per heavy atom. The average Bonchev–Trinajstić information content (AvgIpc) is 3.48. The normalized spacial score (nSPS) is 12.8. The van der Waals surface area contributed by atoms with Crippen molar-refractivity contribution in [2.45, 2.75) is 131 Å². The summed E-state index contributed by atoms with van der Waals surface area (Å²) in [5.41, 5.74) is 0.245. The number of fused-ring (bicyclic) bond motifs is 2. The van der Waals surface area contributed by atoms with Crippen molar-refractivity contribution in [3.8, 4) is 0 Å². The van der Waals surface area contributed by atoms with Gasteiger partial charge in [0.05, 0.1) is 36.1 Å². The van der Waals surface area contributed by atoms with Crippen LogP contribution >= 0.6 is 31.9 Å². The van der Waals surface area contributed by atoms with Crippen LogP contribution in [0.2, 0.25) is 0 Å². The van der Waals surface area contributed by atoms with E-state index in [9.17, 15) is 31.9 Å². The molecule has 0 fully saturated rings. The van der Waals surface area contributed by atoms with Crippen LogP contribution in [0.4, 0.5) is 13.6 Å². The summed E-state index contributed by atoms with van der Waals surface area (Å²) < 4.78 is 66.8. The van der Waals surface area contributed by atoms with E-state index in [2.05, 4.69) is 56.4 Å². The Morgan fingerprint density at radius 3 is 1.93 bits per heavy atom. The molecule has 0 spiro atoms. The van der Waals surface area contributed by atoms with Gasteiger partial charge >= 0.3 is 63.4 Å². The second-order valence-corrected chi connectivity index (χ2v) is 19.4. The molecule has 2 aromatic heterocycles. The molecule has 316 valence electrons. The fourth-order valence-electron chi connectivity index (χ4n) is 4.46. The number of nitrogens with zero attached hydrogens (tertiary/aromatic N) is 4. The van der Waals surface area contributed by atoms with Crippen LogP contribution in [0.1, 0.15) is 94.8 Å². The van der Waals surface area contributed by atoms with E-state index in [4.69, 9.17) is 9.47 Å². The van der Waals surface area contributed by atoms with Gasteiger partial charge in [-0.1, -0.05) is 52.6 Å². The maximum atomic E-state index is 14.0. The zero-order chi connectivity index (χ0) is 43.6. The molecule has 0 aliphatic heterocycles. The number of aromatic nitrogens is 5. The van der Waals surface area contributed by atoms with E-state index < -0.39 is 44.9 Å². The molecule has 1 amide bonds. The molecule has 0 aliphatic carbocycles. The first kappa shape index (κ1) is 55.4. The van der Waals surface area contributed by atoms with E-state index >= 15 is 0 Å². The Kier molecular flexibility index (Phi) is 22.7. The number of carbonyl (C=O) groups excluding carboxylic acids is 2. The number of aryl methyl sites for hydroxylation is 2. The van der Waals surface area contributed by atoms with E-state index in [1.165, 1.54) is 12.1 Å². The molecule has 0 bridgehead atoms. The molecular formula is C37H56Br2F2KN6O8S+. The number of rotatable bonds is 8. The fourth-order valence-corrected chi connectivity index (χ4v) is 6.00. The van der Waals surface area contributed by atoms with Gasteiger partial charge in [0, 0.05) is 21.4 Å². The van der Waals surface area contributed by atoms with Crippen molar-refractivity contribution < 1.29 is 102 Å². The van der Waals surface area contributed by atoms with Crippen LogP contribution < -0.4 is 66.5 Å². The molecule has 2 unspecified atom stereocenters. The number of hydrogen-bond acceptors (Lipinski definition) is 10. The average molecular weight is 982 g/mol. The SMILES string of the molecule is CC(C)(C)[O-].CC(CCC(=O)OC(C)(C)C)OS(C)(=O)=O.CC(C[n+]1c2cc(Br)cc(F)c2nn1C)NC(=O)OC(C)(C)C.Cc1nc2c(F)cc(Br)cc2[nH]1.[K+]. The van der Waals surface area contributed by atoms with Crippen molar-refractivity contribution in [2.75, 3.05) is 6.26 Å². The molecule has 0 aliphatic rings. The molecule has 2 heterocycles. The van der Waals surface area contributed by atoms with Gasteiger partial charge in [0.15, 0.2) is 11.6 Å². The van der Waals surface area contributed by atoms with Crippen molar-refractivity contribution in [1.29, 1.82) is 0 Å². The quantitative estimate of drug-likeness (QED) is 0.113. The van der Waals surface area contributed by atoms with E-state index in [0.29, 0.717) is 34.0 Å². The molecule has 4 aromatic rings. The van der Waals surface area contributed by atoms with Gasteiger partial charge in [0.2, 0.25) is 5.52 Å². The maximum absolute atomic E-state index is 14.0. The van der Waals surface area contributed by atoms with Crippen LogP contribution in [-0.4, -0.2) is 75.5 Å². The van der Waals surface area contributed by atoms with E-state index in [0.717, 1.165) is 22.1 Å². The smallest absolute Gasteiger partial charge is 0.850 e. The van der Waals surface area contributed by atoms with Gasteiger partial charge in [-0.25, -0.2) is 18.6 Å². The Hall–Kier alpha value is -1.62. The summed E-state index contributed by atoms with van der Waals surface area (Å²) in [7, 11) is -1.73. The molecule has 0 saturated heterocycles. The summed E-state index contributed by atoms with van der Waals surface area (Å²) in [5.74, 6) is -0.321. The zero-order valence-electron chi connectivity index (χ0n) is 35.6. The molecule has 2 aromatic carbocycles. The van der Waals surface area contributed by atoms with Crippen LogP contribution in [0.3, 0.4) is 0 Å². The molecule has 0 saturated carbocycles. The first-order chi connectivity index (χ1) is 25.2. The van der Waals surface area contributed by atoms with Crippen molar-refractivity contribution >= 4 is 76.1 Å². The van der Waals surface area contributed by atoms with Crippen LogP contribution in [0.15, 0.2) is 33.2 Å². The Balaban J connectivity index is 0.000000805. The molecule has 4 rings (SSSR count). The monoisotopic (exact) mass is 979 g/mol. The fraction of sp³-hybridized carbons (Fsp3) is 0.595. The van der Waals surface area contributed by atoms with Crippen LogP contribution in [0.5, 0.6) is 0 Å². The second kappa shape index (κ2) is 23.4. The maximum Gasteiger partial charge on any atom is 1.00 e. The number of nitrogens with one attached hydrogen (secondary N) is 2. The number of ether oxygens (including phenoxy) is 2. The number of imidazole rings is 1. The molecule has 57 heavy (non-hydrogen) atoms. The number of benzene rings is 2. The summed E-state index contributed by atoms with van der Waals surface area (Å²) in [6, 6.07) is 6.17. The third kappa shape index (κ3) is 24.3. The minimum absolute atomic E-state index is 0. The predicted molar refractivity (Wildman–Crippen MR) is 216 cm³/mol. The van der Waals surface area contributed by atoms with Crippen LogP contribution in [0.25, 0.3) is 22.1 Å². The Labute approximate surface area is 394 Å². The number of amides is 1. The molecule has 14 nitrogen and oxygen atoms in total. The first-order valence-electron chi connectivity index (χ1n) is 17.6. The van der Waals surface area contributed by atoms with Gasteiger partial charge in [-0.2, -0.15) is 13.1 Å². The number of halogens is 4. The number of alkyl carbamates (subject to hydrolysis) is 1. The molecule has 20 heteroatoms. The Bertz CT molecular complexity index is 2040. The number of aromatic amines is 1. The van der Waals surface area contributed by atoms with Gasteiger partial charge in [0.1, 0.15) is 29.1 Å². The van der Waals surface area contributed by atoms with Crippen molar-refractivity contribution in [3.63, 3.8) is 0 Å². The van der Waals surface area contributed by atoms with Crippen LogP contribution in [0, 0.1) is 18.6 Å². The summed E-state index contributed by atoms with van der Waals surface area (Å²) in [6.07, 6.45) is 0.458. The van der Waals surface area contributed by atoms with Crippen LogP contribution in [-0.2, 0) is 42.2 Å². The minimum Gasteiger partial charge on any atom is -0.850 e. The number of carbonyl (C=O) groups is 2. The Morgan fingerprint density at radius 2 is 1.44 bits per heavy atom. The predicted octanol–water partition coefficient (Wildman–Crippen LogP) is 4.07. The topological polar surface area (TPSA) is 181 Å². The first-order valence-corrected chi connectivity index (χ1v) is 21.0. The van der Waals surface area contributed by atoms with Crippen molar-refractivity contribution in [3.05, 3.63) is 50.7 Å². The van der Waals surface area contributed by atoms with Gasteiger partial charge < -0.3 is 24.9 Å². The minimum atomic E-state index is -3.46. The number of H-pyrrole nitrogens is 1. The van der Waals surface area contributed by atoms with E-state index in [1.807, 2.05) is 6.92 Å². The summed E-state index contributed by atoms with van der Waals surface area (Å²) in [5, 5.41) is 17.1. The summed E-state index contributed by atoms with van der Waals surface area (Å²) in [4.78, 5) is 31.6. The summed E-state index contributed by atoms with van der Waals surface area (Å²) in [6.45, 7) is 21.3. The number of hydrogen-bond donors (Lipinski definition) is 2. The standard InChI is InChI=1S/C15H20BrFN4O2.C10H20O5S.C8H6BrFN2.C4H9O.K/c1-9(18-14(22)23-15(2,3)4)8-21-12-7-10(16)6-11(17)13(12)19-20(21)5;1-8(15-16(5,12)13)6-7-9(11)14-10(2,3)4;1-4-11-7-3-5(9)2-6(10)8(7)12-4;1-4(2,3)5;/h6-7,9H,8H2,1-5H3;8H,6-7H2,1-5H3;2-3H,1H3,(H,11,12);1-3H3;/q;;;-1;+1/p+1.